The van der Waals surface area contributed by atoms with Crippen molar-refractivity contribution in [2.24, 2.45) is 0 Å². The Hall–Kier alpha value is -2.59. The van der Waals surface area contributed by atoms with Gasteiger partial charge < -0.3 is 14.6 Å². The van der Waals surface area contributed by atoms with Gasteiger partial charge in [-0.1, -0.05) is 49.4 Å². The highest BCUT2D eigenvalue weighted by atomic mass is 32.1. The lowest BCUT2D eigenvalue weighted by atomic mass is 10.1. The molecule has 0 fully saturated rings. The Bertz CT molecular complexity index is 783. The van der Waals surface area contributed by atoms with Crippen LogP contribution in [0, 0.1) is 0 Å². The number of hydrogen-bond acceptors (Lipinski definition) is 2. The molecule has 1 heterocycles. The van der Waals surface area contributed by atoms with Crippen LogP contribution in [0.4, 0.5) is 5.69 Å². The molecule has 0 spiro atoms. The molecule has 0 bridgehead atoms. The van der Waals surface area contributed by atoms with E-state index < -0.39 is 0 Å². The predicted molar refractivity (Wildman–Crippen MR) is 106 cm³/mol. The van der Waals surface area contributed by atoms with Crippen LogP contribution >= 0.6 is 12.2 Å². The third-order valence-corrected chi connectivity index (χ3v) is 4.40. The number of thiocarbonyl (C=S) groups is 1. The Morgan fingerprint density at radius 2 is 1.68 bits per heavy atom. The van der Waals surface area contributed by atoms with E-state index in [1.807, 2.05) is 30.3 Å². The van der Waals surface area contributed by atoms with Crippen LogP contribution < -0.4 is 5.32 Å². The summed E-state index contributed by atoms with van der Waals surface area (Å²) in [5.41, 5.74) is 3.52. The molecule has 0 aliphatic rings. The first-order valence-corrected chi connectivity index (χ1v) is 8.86. The molecule has 1 N–H and O–H groups in total. The molecule has 0 aliphatic heterocycles. The van der Waals surface area contributed by atoms with Gasteiger partial charge in [-0.05, 0) is 54.0 Å². The first kappa shape index (κ1) is 17.2. The van der Waals surface area contributed by atoms with Gasteiger partial charge in [0.15, 0.2) is 5.11 Å². The van der Waals surface area contributed by atoms with Crippen LogP contribution in [0.25, 0.3) is 0 Å². The molecule has 1 aromatic heterocycles. The van der Waals surface area contributed by atoms with Crippen molar-refractivity contribution in [1.29, 1.82) is 0 Å². The number of furan rings is 1. The molecule has 3 rings (SSSR count). The number of benzene rings is 2. The van der Waals surface area contributed by atoms with E-state index in [1.165, 1.54) is 11.1 Å². The molecule has 0 aliphatic carbocycles. The molecule has 3 nitrogen and oxygen atoms in total. The second kappa shape index (κ2) is 8.49. The Kier molecular flexibility index (Phi) is 5.86. The quantitative estimate of drug-likeness (QED) is 0.615. The fraction of sp³-hybridized carbons (Fsp3) is 0.190. The van der Waals surface area contributed by atoms with Gasteiger partial charge in [0.2, 0.25) is 0 Å². The third kappa shape index (κ3) is 4.94. The predicted octanol–water partition coefficient (Wildman–Crippen LogP) is 5.24. The molecule has 3 aromatic rings. The number of nitrogens with zero attached hydrogens (tertiary/aromatic N) is 1. The van der Waals surface area contributed by atoms with Crippen molar-refractivity contribution < 1.29 is 4.42 Å². The zero-order valence-corrected chi connectivity index (χ0v) is 15.1. The summed E-state index contributed by atoms with van der Waals surface area (Å²) in [6.07, 6.45) is 2.72. The average molecular weight is 350 g/mol. The SMILES string of the molecule is CCc1ccc(NC(=S)N(Cc2ccccc2)Cc2ccco2)cc1. The fourth-order valence-corrected chi connectivity index (χ4v) is 2.87. The molecular weight excluding hydrogens is 328 g/mol. The van der Waals surface area contributed by atoms with Crippen LogP contribution in [0.5, 0.6) is 0 Å². The Labute approximate surface area is 154 Å². The highest BCUT2D eigenvalue weighted by Gasteiger charge is 2.13. The molecule has 0 unspecified atom stereocenters. The monoisotopic (exact) mass is 350 g/mol. The number of nitrogens with one attached hydrogen (secondary N) is 1. The van der Waals surface area contributed by atoms with Gasteiger partial charge in [-0.25, -0.2) is 0 Å². The zero-order chi connectivity index (χ0) is 17.5. The van der Waals surface area contributed by atoms with Gasteiger partial charge >= 0.3 is 0 Å². The summed E-state index contributed by atoms with van der Waals surface area (Å²) in [7, 11) is 0. The lowest BCUT2D eigenvalue weighted by molar-refractivity contribution is 0.360. The maximum absolute atomic E-state index is 5.66. The summed E-state index contributed by atoms with van der Waals surface area (Å²) in [5, 5.41) is 4.03. The number of rotatable bonds is 6. The van der Waals surface area contributed by atoms with Crippen molar-refractivity contribution in [3.05, 3.63) is 89.9 Å². The van der Waals surface area contributed by atoms with Crippen molar-refractivity contribution in [3.63, 3.8) is 0 Å². The van der Waals surface area contributed by atoms with E-state index in [2.05, 4.69) is 53.5 Å². The van der Waals surface area contributed by atoms with Crippen LogP contribution in [0.1, 0.15) is 23.8 Å². The van der Waals surface area contributed by atoms with Crippen LogP contribution in [0.2, 0.25) is 0 Å². The molecule has 0 saturated heterocycles. The number of anilines is 1. The van der Waals surface area contributed by atoms with Crippen LogP contribution in [0.3, 0.4) is 0 Å². The minimum Gasteiger partial charge on any atom is -0.467 e. The minimum atomic E-state index is 0.626. The topological polar surface area (TPSA) is 28.4 Å². The molecule has 0 saturated carbocycles. The van der Waals surface area contributed by atoms with Gasteiger partial charge in [0.1, 0.15) is 5.76 Å². The van der Waals surface area contributed by atoms with E-state index >= 15 is 0 Å². The molecule has 0 radical (unpaired) electrons. The van der Waals surface area contributed by atoms with Crippen LogP contribution in [0.15, 0.2) is 77.4 Å². The standard InChI is InChI=1S/C21H22N2OS/c1-2-17-10-12-19(13-11-17)22-21(25)23(16-20-9-6-14-24-20)15-18-7-4-3-5-8-18/h3-14H,2,15-16H2,1H3,(H,22,25). The third-order valence-electron chi connectivity index (χ3n) is 4.04. The van der Waals surface area contributed by atoms with Crippen LogP contribution in [-0.4, -0.2) is 10.0 Å². The smallest absolute Gasteiger partial charge is 0.174 e. The highest BCUT2D eigenvalue weighted by molar-refractivity contribution is 7.80. The summed E-state index contributed by atoms with van der Waals surface area (Å²) in [6.45, 7) is 3.50. The first-order valence-electron chi connectivity index (χ1n) is 8.46. The normalized spacial score (nSPS) is 10.4. The summed E-state index contributed by atoms with van der Waals surface area (Å²) in [5.74, 6) is 0.890. The van der Waals surface area contributed by atoms with Gasteiger partial charge in [-0.15, -0.1) is 0 Å². The number of aryl methyl sites for hydroxylation is 1. The van der Waals surface area contributed by atoms with Crippen molar-refractivity contribution in [2.75, 3.05) is 5.32 Å². The van der Waals surface area contributed by atoms with E-state index in [0.717, 1.165) is 24.4 Å². The number of hydrogen-bond donors (Lipinski definition) is 1. The van der Waals surface area contributed by atoms with Gasteiger partial charge in [0, 0.05) is 12.2 Å². The van der Waals surface area contributed by atoms with E-state index in [0.29, 0.717) is 11.7 Å². The summed E-state index contributed by atoms with van der Waals surface area (Å²) in [6, 6.07) is 22.6. The zero-order valence-electron chi connectivity index (χ0n) is 14.3. The van der Waals surface area contributed by atoms with Gasteiger partial charge in [0.25, 0.3) is 0 Å². The van der Waals surface area contributed by atoms with Crippen molar-refractivity contribution in [1.82, 2.24) is 4.90 Å². The highest BCUT2D eigenvalue weighted by Crippen LogP contribution is 2.15. The molecule has 4 heteroatoms. The largest absolute Gasteiger partial charge is 0.467 e. The molecule has 25 heavy (non-hydrogen) atoms. The molecular formula is C21H22N2OS. The van der Waals surface area contributed by atoms with Crippen LogP contribution in [-0.2, 0) is 19.5 Å². The average Bonchev–Trinajstić information content (AvgIpc) is 3.16. The van der Waals surface area contributed by atoms with E-state index in [1.54, 1.807) is 6.26 Å². The summed E-state index contributed by atoms with van der Waals surface area (Å²) in [4.78, 5) is 2.11. The van der Waals surface area contributed by atoms with Crippen molar-refractivity contribution >= 4 is 23.0 Å². The molecule has 2 aromatic carbocycles. The summed E-state index contributed by atoms with van der Waals surface area (Å²) < 4.78 is 5.50. The first-order chi connectivity index (χ1) is 12.2. The molecule has 0 atom stereocenters. The van der Waals surface area contributed by atoms with Gasteiger partial charge in [0.05, 0.1) is 12.8 Å². The van der Waals surface area contributed by atoms with E-state index in [9.17, 15) is 0 Å². The Morgan fingerprint density at radius 1 is 0.920 bits per heavy atom. The minimum absolute atomic E-state index is 0.626. The maximum atomic E-state index is 5.66. The Morgan fingerprint density at radius 3 is 2.32 bits per heavy atom. The van der Waals surface area contributed by atoms with Gasteiger partial charge in [-0.3, -0.25) is 0 Å². The fourth-order valence-electron chi connectivity index (χ4n) is 2.62. The molecule has 128 valence electrons. The second-order valence-electron chi connectivity index (χ2n) is 5.90. The van der Waals surface area contributed by atoms with E-state index in [-0.39, 0.29) is 0 Å². The summed E-state index contributed by atoms with van der Waals surface area (Å²) >= 11 is 5.66. The lowest BCUT2D eigenvalue weighted by Gasteiger charge is -2.25. The lowest BCUT2D eigenvalue weighted by Crippen LogP contribution is -2.33. The Balaban J connectivity index is 1.73. The van der Waals surface area contributed by atoms with E-state index in [4.69, 9.17) is 16.6 Å². The maximum Gasteiger partial charge on any atom is 0.174 e. The van der Waals surface area contributed by atoms with Crippen molar-refractivity contribution in [3.8, 4) is 0 Å². The van der Waals surface area contributed by atoms with Crippen molar-refractivity contribution in [2.45, 2.75) is 26.4 Å². The molecule has 0 amide bonds. The van der Waals surface area contributed by atoms with Gasteiger partial charge in [-0.2, -0.15) is 0 Å². The second-order valence-corrected chi connectivity index (χ2v) is 6.29.